The molecule has 0 bridgehead atoms. The lowest BCUT2D eigenvalue weighted by Gasteiger charge is -2.11. The molecule has 180 valence electrons. The van der Waals surface area contributed by atoms with Crippen molar-refractivity contribution in [3.8, 4) is 34.1 Å². The van der Waals surface area contributed by atoms with Crippen LogP contribution in [0.2, 0.25) is 0 Å². The first-order valence-electron chi connectivity index (χ1n) is 10.9. The number of carbonyl (C=O) groups excluding carboxylic acids is 1. The first-order valence-corrected chi connectivity index (χ1v) is 10.9. The third-order valence-corrected chi connectivity index (χ3v) is 5.51. The number of benzene rings is 3. The molecule has 1 heterocycles. The lowest BCUT2D eigenvalue weighted by Crippen LogP contribution is -2.30. The standard InChI is InChI=1S/C27H25NO7/c1-32-19-9-7-17(8-10-19)21-15-35-24-14-20(13-22(29)26(24)27(21)31)34-16-25(30)28-12-11-18-5-3-4-6-23(18)33-2/h3-10,13-15,29H,11-12,16H2,1-2H3,(H,28,30). The van der Waals surface area contributed by atoms with Gasteiger partial charge in [-0.05, 0) is 35.7 Å². The SMILES string of the molecule is COc1ccc(-c2coc3cc(OCC(=O)NCCc4ccccc4OC)cc(O)c3c2=O)cc1. The second-order valence-electron chi connectivity index (χ2n) is 7.72. The van der Waals surface area contributed by atoms with Gasteiger partial charge in [-0.1, -0.05) is 30.3 Å². The first kappa shape index (κ1) is 23.7. The summed E-state index contributed by atoms with van der Waals surface area (Å²) in [6, 6.07) is 17.3. The van der Waals surface area contributed by atoms with Crippen molar-refractivity contribution in [2.45, 2.75) is 6.42 Å². The number of rotatable bonds is 9. The van der Waals surface area contributed by atoms with Crippen LogP contribution in [0.1, 0.15) is 5.56 Å². The Morgan fingerprint density at radius 3 is 2.51 bits per heavy atom. The Hall–Kier alpha value is -4.46. The molecule has 0 saturated heterocycles. The molecule has 0 unspecified atom stereocenters. The van der Waals surface area contributed by atoms with E-state index in [4.69, 9.17) is 18.6 Å². The van der Waals surface area contributed by atoms with Crippen molar-refractivity contribution in [1.29, 1.82) is 0 Å². The van der Waals surface area contributed by atoms with Crippen LogP contribution in [-0.2, 0) is 11.2 Å². The van der Waals surface area contributed by atoms with Gasteiger partial charge in [0, 0.05) is 18.7 Å². The molecular formula is C27H25NO7. The summed E-state index contributed by atoms with van der Waals surface area (Å²) >= 11 is 0. The summed E-state index contributed by atoms with van der Waals surface area (Å²) < 4.78 is 21.6. The first-order chi connectivity index (χ1) is 17.0. The number of hydrogen-bond acceptors (Lipinski definition) is 7. The Bertz CT molecular complexity index is 1390. The monoisotopic (exact) mass is 475 g/mol. The maximum Gasteiger partial charge on any atom is 0.257 e. The zero-order chi connectivity index (χ0) is 24.8. The second kappa shape index (κ2) is 10.6. The highest BCUT2D eigenvalue weighted by Gasteiger charge is 2.15. The summed E-state index contributed by atoms with van der Waals surface area (Å²) in [6.07, 6.45) is 1.94. The van der Waals surface area contributed by atoms with Crippen molar-refractivity contribution in [3.63, 3.8) is 0 Å². The van der Waals surface area contributed by atoms with E-state index in [-0.39, 0.29) is 40.4 Å². The van der Waals surface area contributed by atoms with Gasteiger partial charge < -0.3 is 29.1 Å². The number of amides is 1. The number of methoxy groups -OCH3 is 2. The highest BCUT2D eigenvalue weighted by molar-refractivity contribution is 5.88. The summed E-state index contributed by atoms with van der Waals surface area (Å²) in [5.74, 6) is 1.01. The molecule has 4 aromatic rings. The number of aromatic hydroxyl groups is 1. The average molecular weight is 475 g/mol. The molecule has 0 fully saturated rings. The zero-order valence-electron chi connectivity index (χ0n) is 19.4. The molecule has 0 aliphatic heterocycles. The molecule has 0 aliphatic rings. The molecule has 1 amide bonds. The average Bonchev–Trinajstić information content (AvgIpc) is 2.88. The van der Waals surface area contributed by atoms with E-state index in [0.29, 0.717) is 29.8 Å². The van der Waals surface area contributed by atoms with Crippen molar-refractivity contribution in [3.05, 3.63) is 82.7 Å². The predicted octanol–water partition coefficient (Wildman–Crippen LogP) is 3.92. The van der Waals surface area contributed by atoms with E-state index in [9.17, 15) is 14.7 Å². The van der Waals surface area contributed by atoms with E-state index in [1.54, 1.807) is 38.5 Å². The molecule has 0 saturated carbocycles. The van der Waals surface area contributed by atoms with Gasteiger partial charge in [-0.2, -0.15) is 0 Å². The fourth-order valence-corrected chi connectivity index (χ4v) is 3.71. The van der Waals surface area contributed by atoms with Crippen LogP contribution in [-0.4, -0.2) is 38.4 Å². The zero-order valence-corrected chi connectivity index (χ0v) is 19.4. The maximum atomic E-state index is 13.0. The summed E-state index contributed by atoms with van der Waals surface area (Å²) in [7, 11) is 3.16. The van der Waals surface area contributed by atoms with Crippen LogP contribution >= 0.6 is 0 Å². The van der Waals surface area contributed by atoms with Crippen molar-refractivity contribution in [1.82, 2.24) is 5.32 Å². The highest BCUT2D eigenvalue weighted by Crippen LogP contribution is 2.30. The molecule has 0 atom stereocenters. The molecule has 4 rings (SSSR count). The van der Waals surface area contributed by atoms with Gasteiger partial charge in [-0.15, -0.1) is 0 Å². The fraction of sp³-hybridized carbons (Fsp3) is 0.185. The number of para-hydroxylation sites is 1. The minimum Gasteiger partial charge on any atom is -0.507 e. The molecule has 8 nitrogen and oxygen atoms in total. The van der Waals surface area contributed by atoms with Gasteiger partial charge in [0.05, 0.1) is 19.8 Å². The summed E-state index contributed by atoms with van der Waals surface area (Å²) in [5, 5.41) is 13.3. The Kier molecular flexibility index (Phi) is 7.21. The van der Waals surface area contributed by atoms with Crippen LogP contribution in [0.4, 0.5) is 0 Å². The number of phenols is 1. The number of carbonyl (C=O) groups is 1. The minimum absolute atomic E-state index is 0.0342. The molecule has 0 spiro atoms. The third kappa shape index (κ3) is 5.38. The van der Waals surface area contributed by atoms with Crippen LogP contribution in [0.25, 0.3) is 22.1 Å². The van der Waals surface area contributed by atoms with Crippen molar-refractivity contribution < 1.29 is 28.5 Å². The minimum atomic E-state index is -0.380. The number of hydrogen-bond donors (Lipinski definition) is 2. The highest BCUT2D eigenvalue weighted by atomic mass is 16.5. The Morgan fingerprint density at radius 2 is 1.77 bits per heavy atom. The van der Waals surface area contributed by atoms with Gasteiger partial charge in [0.2, 0.25) is 5.43 Å². The van der Waals surface area contributed by atoms with Crippen molar-refractivity contribution >= 4 is 16.9 Å². The van der Waals surface area contributed by atoms with Gasteiger partial charge in [-0.25, -0.2) is 0 Å². The quantitative estimate of drug-likeness (QED) is 0.378. The van der Waals surface area contributed by atoms with E-state index < -0.39 is 0 Å². The van der Waals surface area contributed by atoms with Crippen LogP contribution < -0.4 is 25.0 Å². The van der Waals surface area contributed by atoms with Crippen LogP contribution in [0.15, 0.2) is 76.1 Å². The van der Waals surface area contributed by atoms with Crippen LogP contribution in [0.5, 0.6) is 23.0 Å². The van der Waals surface area contributed by atoms with Gasteiger partial charge in [0.1, 0.15) is 40.2 Å². The normalized spacial score (nSPS) is 10.7. The second-order valence-corrected chi connectivity index (χ2v) is 7.72. The van der Waals surface area contributed by atoms with E-state index in [2.05, 4.69) is 5.32 Å². The Labute approximate surface area is 201 Å². The molecule has 3 aromatic carbocycles. The fourth-order valence-electron chi connectivity index (χ4n) is 3.71. The molecule has 1 aromatic heterocycles. The summed E-state index contributed by atoms with van der Waals surface area (Å²) in [5.41, 5.74) is 1.69. The number of nitrogens with one attached hydrogen (secondary N) is 1. The number of ether oxygens (including phenoxy) is 3. The lowest BCUT2D eigenvalue weighted by molar-refractivity contribution is -0.123. The van der Waals surface area contributed by atoms with Crippen molar-refractivity contribution in [2.24, 2.45) is 0 Å². The molecule has 8 heteroatoms. The van der Waals surface area contributed by atoms with E-state index >= 15 is 0 Å². The van der Waals surface area contributed by atoms with E-state index in [1.807, 2.05) is 24.3 Å². The summed E-state index contributed by atoms with van der Waals surface area (Å²) in [6.45, 7) is 0.152. The van der Waals surface area contributed by atoms with Crippen LogP contribution in [0, 0.1) is 0 Å². The predicted molar refractivity (Wildman–Crippen MR) is 131 cm³/mol. The Morgan fingerprint density at radius 1 is 1.00 bits per heavy atom. The lowest BCUT2D eigenvalue weighted by atomic mass is 10.0. The third-order valence-electron chi connectivity index (χ3n) is 5.51. The number of fused-ring (bicyclic) bond motifs is 1. The molecular weight excluding hydrogens is 450 g/mol. The van der Waals surface area contributed by atoms with Gasteiger partial charge in [0.15, 0.2) is 6.61 Å². The molecule has 0 aliphatic carbocycles. The van der Waals surface area contributed by atoms with Gasteiger partial charge in [0.25, 0.3) is 5.91 Å². The van der Waals surface area contributed by atoms with E-state index in [0.717, 1.165) is 11.3 Å². The topological polar surface area (TPSA) is 107 Å². The van der Waals surface area contributed by atoms with Gasteiger partial charge >= 0.3 is 0 Å². The maximum absolute atomic E-state index is 13.0. The largest absolute Gasteiger partial charge is 0.507 e. The summed E-state index contributed by atoms with van der Waals surface area (Å²) in [4.78, 5) is 25.2. The van der Waals surface area contributed by atoms with E-state index in [1.165, 1.54) is 18.4 Å². The van der Waals surface area contributed by atoms with Gasteiger partial charge in [-0.3, -0.25) is 9.59 Å². The molecule has 2 N–H and O–H groups in total. The molecule has 35 heavy (non-hydrogen) atoms. The Balaban J connectivity index is 1.41. The van der Waals surface area contributed by atoms with Crippen molar-refractivity contribution in [2.75, 3.05) is 27.4 Å². The van der Waals surface area contributed by atoms with Crippen LogP contribution in [0.3, 0.4) is 0 Å². The number of phenolic OH excluding ortho intramolecular Hbond substituents is 1. The smallest absolute Gasteiger partial charge is 0.257 e. The molecule has 0 radical (unpaired) electrons.